The van der Waals surface area contributed by atoms with E-state index < -0.39 is 5.91 Å². The van der Waals surface area contributed by atoms with Crippen LogP contribution in [0.1, 0.15) is 71.8 Å². The lowest BCUT2D eigenvalue weighted by Crippen LogP contribution is -2.19. The normalized spacial score (nSPS) is 15.2. The number of Topliss-reactive ketones (excluding diaryl/α,β-unsaturated/α-hetero) is 1. The zero-order chi connectivity index (χ0) is 27.4. The molecule has 1 aliphatic rings. The quantitative estimate of drug-likeness (QED) is 0.430. The molecule has 38 heavy (non-hydrogen) atoms. The molecule has 1 unspecified atom stereocenters. The first-order valence-electron chi connectivity index (χ1n) is 13.1. The molecular formula is C32H37N3O3. The monoisotopic (exact) mass is 511 g/mol. The van der Waals surface area contributed by atoms with E-state index >= 15 is 0 Å². The van der Waals surface area contributed by atoms with Gasteiger partial charge >= 0.3 is 0 Å². The van der Waals surface area contributed by atoms with Gasteiger partial charge in [0.15, 0.2) is 5.78 Å². The van der Waals surface area contributed by atoms with E-state index in [2.05, 4.69) is 26.8 Å². The summed E-state index contributed by atoms with van der Waals surface area (Å²) >= 11 is 0. The molecule has 0 fully saturated rings. The average Bonchev–Trinajstić information content (AvgIpc) is 3.04. The summed E-state index contributed by atoms with van der Waals surface area (Å²) in [5.41, 5.74) is 12.7. The van der Waals surface area contributed by atoms with Crippen LogP contribution in [0.2, 0.25) is 0 Å². The van der Waals surface area contributed by atoms with Crippen LogP contribution in [-0.2, 0) is 29.7 Å². The van der Waals surface area contributed by atoms with Crippen molar-refractivity contribution in [1.29, 1.82) is 0 Å². The maximum atomic E-state index is 13.1. The smallest absolute Gasteiger partial charge is 0.221 e. The van der Waals surface area contributed by atoms with Crippen molar-refractivity contribution in [3.8, 4) is 0 Å². The highest BCUT2D eigenvalue weighted by molar-refractivity contribution is 6.05. The molecule has 0 saturated carbocycles. The number of hydrogen-bond acceptors (Lipinski definition) is 5. The van der Waals surface area contributed by atoms with Gasteiger partial charge in [0.2, 0.25) is 5.91 Å². The number of carbonyl (C=O) groups is 2. The number of rotatable bonds is 8. The van der Waals surface area contributed by atoms with Crippen molar-refractivity contribution in [1.82, 2.24) is 0 Å². The first-order valence-corrected chi connectivity index (χ1v) is 13.1. The van der Waals surface area contributed by atoms with Gasteiger partial charge in [-0.05, 0) is 53.1 Å². The zero-order valence-corrected chi connectivity index (χ0v) is 22.7. The van der Waals surface area contributed by atoms with Crippen molar-refractivity contribution in [2.75, 3.05) is 11.9 Å². The molecule has 198 valence electrons. The van der Waals surface area contributed by atoms with Gasteiger partial charge in [-0.1, -0.05) is 63.2 Å². The van der Waals surface area contributed by atoms with Crippen LogP contribution in [0.25, 0.3) is 0 Å². The number of nitrogens with zero attached hydrogens (tertiary/aromatic N) is 2. The van der Waals surface area contributed by atoms with Crippen molar-refractivity contribution in [3.63, 3.8) is 0 Å². The number of hydrogen-bond donors (Lipinski definition) is 2. The zero-order valence-electron chi connectivity index (χ0n) is 22.7. The van der Waals surface area contributed by atoms with E-state index in [1.807, 2.05) is 72.8 Å². The summed E-state index contributed by atoms with van der Waals surface area (Å²) in [5.74, 6) is -0.276. The van der Waals surface area contributed by atoms with Crippen LogP contribution in [-0.4, -0.2) is 36.1 Å². The Morgan fingerprint density at radius 3 is 2.47 bits per heavy atom. The maximum Gasteiger partial charge on any atom is 0.221 e. The van der Waals surface area contributed by atoms with Crippen LogP contribution in [0.3, 0.4) is 0 Å². The van der Waals surface area contributed by atoms with E-state index in [4.69, 9.17) is 10.7 Å². The number of primary amides is 1. The minimum absolute atomic E-state index is 0.00312. The summed E-state index contributed by atoms with van der Waals surface area (Å²) in [7, 11) is 1.93. The van der Waals surface area contributed by atoms with Crippen LogP contribution in [0.15, 0.2) is 65.7 Å². The lowest BCUT2D eigenvalue weighted by molar-refractivity contribution is -0.117. The van der Waals surface area contributed by atoms with E-state index in [-0.39, 0.29) is 30.3 Å². The van der Waals surface area contributed by atoms with Gasteiger partial charge in [-0.15, -0.1) is 0 Å². The van der Waals surface area contributed by atoms with Crippen molar-refractivity contribution in [3.05, 3.63) is 94.0 Å². The number of aliphatic hydroxyl groups excluding tert-OH is 1. The van der Waals surface area contributed by atoms with Gasteiger partial charge in [-0.3, -0.25) is 14.6 Å². The number of amides is 1. The molecule has 0 aliphatic carbocycles. The highest BCUT2D eigenvalue weighted by atomic mass is 16.3. The third-order valence-corrected chi connectivity index (χ3v) is 7.30. The second kappa shape index (κ2) is 11.3. The van der Waals surface area contributed by atoms with Crippen LogP contribution in [0.4, 0.5) is 11.4 Å². The summed E-state index contributed by atoms with van der Waals surface area (Å²) in [6.45, 7) is 6.36. The Labute approximate surface area is 225 Å². The van der Waals surface area contributed by atoms with Gasteiger partial charge in [0.05, 0.1) is 19.1 Å². The fraction of sp³-hybridized carbons (Fsp3) is 0.344. The van der Waals surface area contributed by atoms with Gasteiger partial charge in [-0.25, -0.2) is 0 Å². The second-order valence-electron chi connectivity index (χ2n) is 11.1. The Balaban J connectivity index is 1.55. The highest BCUT2D eigenvalue weighted by Gasteiger charge is 2.23. The Kier molecular flexibility index (Phi) is 8.12. The van der Waals surface area contributed by atoms with Gasteiger partial charge in [-0.2, -0.15) is 0 Å². The number of aryl methyl sites for hydroxylation is 1. The first-order chi connectivity index (χ1) is 18.1. The number of nitrogens with two attached hydrogens (primary N) is 1. The summed E-state index contributed by atoms with van der Waals surface area (Å²) in [5, 5.41) is 10.4. The Morgan fingerprint density at radius 2 is 1.76 bits per heavy atom. The number of fused-ring (bicyclic) bond motifs is 1. The Bertz CT molecular complexity index is 1370. The van der Waals surface area contributed by atoms with E-state index in [1.165, 1.54) is 5.56 Å². The van der Waals surface area contributed by atoms with Gasteiger partial charge in [0.25, 0.3) is 0 Å². The third kappa shape index (κ3) is 6.03. The molecule has 1 amide bonds. The van der Waals surface area contributed by atoms with Crippen molar-refractivity contribution in [2.24, 2.45) is 10.7 Å². The number of para-hydroxylation sites is 1. The average molecular weight is 512 g/mol. The molecule has 1 heterocycles. The molecule has 4 rings (SSSR count). The number of carbonyl (C=O) groups excluding carboxylic acids is 2. The molecule has 0 bridgehead atoms. The summed E-state index contributed by atoms with van der Waals surface area (Å²) in [4.78, 5) is 31.4. The summed E-state index contributed by atoms with van der Waals surface area (Å²) in [6.07, 6.45) is 3.74. The van der Waals surface area contributed by atoms with E-state index in [0.29, 0.717) is 19.3 Å². The standard InChI is InChI=1S/C32H37N3O3/c1-32(2,3)24-13-15-26-23(16-24)19-34-25(18-30(26)37)14-12-21-9-7-11-29(27(21)20-36)35(4)28-10-6-5-8-22(28)17-31(33)38/h5-11,13,15-16,19,25,36H,12,14,17-18,20H2,1-4H3,(H2,33,38). The molecule has 1 aliphatic heterocycles. The number of ketones is 1. The maximum absolute atomic E-state index is 13.1. The number of anilines is 2. The minimum Gasteiger partial charge on any atom is -0.392 e. The van der Waals surface area contributed by atoms with Crippen LogP contribution >= 0.6 is 0 Å². The Hall–Kier alpha value is -3.77. The molecule has 6 heteroatoms. The first kappa shape index (κ1) is 27.3. The van der Waals surface area contributed by atoms with E-state index in [9.17, 15) is 14.7 Å². The Morgan fingerprint density at radius 1 is 1.05 bits per heavy atom. The molecule has 6 nitrogen and oxygen atoms in total. The molecule has 3 N–H and O–H groups in total. The topological polar surface area (TPSA) is 96.0 Å². The predicted octanol–water partition coefficient (Wildman–Crippen LogP) is 5.28. The molecule has 0 spiro atoms. The van der Waals surface area contributed by atoms with E-state index in [1.54, 1.807) is 0 Å². The van der Waals surface area contributed by atoms with Crippen LogP contribution in [0.5, 0.6) is 0 Å². The van der Waals surface area contributed by atoms with Gasteiger partial charge in [0.1, 0.15) is 0 Å². The van der Waals surface area contributed by atoms with Gasteiger partial charge in [0, 0.05) is 47.7 Å². The largest absolute Gasteiger partial charge is 0.392 e. The van der Waals surface area contributed by atoms with Crippen molar-refractivity contribution in [2.45, 2.75) is 64.5 Å². The lowest BCUT2D eigenvalue weighted by atomic mass is 9.84. The highest BCUT2D eigenvalue weighted by Crippen LogP contribution is 2.33. The van der Waals surface area contributed by atoms with Crippen molar-refractivity contribution < 1.29 is 14.7 Å². The number of aliphatic hydroxyl groups is 1. The molecule has 0 saturated heterocycles. The molecule has 3 aromatic carbocycles. The SMILES string of the molecule is CN(c1ccccc1CC(N)=O)c1cccc(CCC2CC(=O)c3ccc(C(C)(C)C)cc3C=N2)c1CO. The second-order valence-corrected chi connectivity index (χ2v) is 11.1. The molecular weight excluding hydrogens is 474 g/mol. The van der Waals surface area contributed by atoms with Crippen LogP contribution in [0, 0.1) is 0 Å². The molecule has 1 atom stereocenters. The number of benzene rings is 3. The van der Waals surface area contributed by atoms with E-state index in [0.717, 1.165) is 39.2 Å². The summed E-state index contributed by atoms with van der Waals surface area (Å²) in [6, 6.07) is 19.5. The predicted molar refractivity (Wildman–Crippen MR) is 154 cm³/mol. The fourth-order valence-corrected chi connectivity index (χ4v) is 5.11. The lowest BCUT2D eigenvalue weighted by Gasteiger charge is -2.26. The third-order valence-electron chi connectivity index (χ3n) is 7.30. The fourth-order valence-electron chi connectivity index (χ4n) is 5.11. The van der Waals surface area contributed by atoms with Gasteiger partial charge < -0.3 is 15.7 Å². The molecule has 0 aromatic heterocycles. The minimum atomic E-state index is -0.391. The molecule has 3 aromatic rings. The van der Waals surface area contributed by atoms with Crippen molar-refractivity contribution >= 4 is 29.3 Å². The number of aliphatic imine (C=N–C) groups is 1. The molecule has 0 radical (unpaired) electrons. The van der Waals surface area contributed by atoms with Crippen LogP contribution < -0.4 is 10.6 Å². The summed E-state index contributed by atoms with van der Waals surface area (Å²) < 4.78 is 0.